The Balaban J connectivity index is 2.88. The summed E-state index contributed by atoms with van der Waals surface area (Å²) < 4.78 is 48.0. The van der Waals surface area contributed by atoms with Crippen LogP contribution in [0.2, 0.25) is 0 Å². The van der Waals surface area contributed by atoms with E-state index < -0.39 is 49.8 Å². The zero-order valence-electron chi connectivity index (χ0n) is 11.4. The highest BCUT2D eigenvalue weighted by Crippen LogP contribution is 2.17. The van der Waals surface area contributed by atoms with Crippen LogP contribution < -0.4 is 4.72 Å². The summed E-state index contributed by atoms with van der Waals surface area (Å²) in [7, 11) is -7.32. The Morgan fingerprint density at radius 3 is 2.19 bits per heavy atom. The zero-order valence-corrected chi connectivity index (χ0v) is 13.0. The molecule has 0 aliphatic carbocycles. The molecule has 1 aromatic carbocycles. The molecule has 1 atom stereocenters. The summed E-state index contributed by atoms with van der Waals surface area (Å²) in [6.07, 6.45) is 0.510. The van der Waals surface area contributed by atoms with Crippen LogP contribution in [0.1, 0.15) is 18.0 Å². The fourth-order valence-corrected chi connectivity index (χ4v) is 4.48. The number of benzene rings is 1. The number of carboxylic acids is 1. The molecular weight excluding hydrogens is 318 g/mol. The van der Waals surface area contributed by atoms with Gasteiger partial charge in [0.25, 0.3) is 0 Å². The number of sulfone groups is 1. The van der Waals surface area contributed by atoms with Gasteiger partial charge in [-0.15, -0.1) is 0 Å². The highest BCUT2D eigenvalue weighted by molar-refractivity contribution is 7.93. The minimum Gasteiger partial charge on any atom is -0.481 e. The molecule has 0 fully saturated rings. The van der Waals surface area contributed by atoms with E-state index in [-0.39, 0.29) is 0 Å². The van der Waals surface area contributed by atoms with Gasteiger partial charge in [0.1, 0.15) is 9.84 Å². The van der Waals surface area contributed by atoms with Gasteiger partial charge in [-0.1, -0.05) is 30.3 Å². The lowest BCUT2D eigenvalue weighted by Crippen LogP contribution is -2.34. The Morgan fingerprint density at radius 1 is 1.14 bits per heavy atom. The topological polar surface area (TPSA) is 118 Å². The molecular formula is C12H17NO6S2. The van der Waals surface area contributed by atoms with E-state index in [1.54, 1.807) is 30.3 Å². The van der Waals surface area contributed by atoms with Crippen LogP contribution in [-0.2, 0) is 24.7 Å². The Morgan fingerprint density at radius 2 is 1.71 bits per heavy atom. The average molecular weight is 335 g/mol. The summed E-state index contributed by atoms with van der Waals surface area (Å²) in [5.74, 6) is -2.28. The van der Waals surface area contributed by atoms with Crippen LogP contribution >= 0.6 is 0 Å². The van der Waals surface area contributed by atoms with E-state index in [4.69, 9.17) is 5.11 Å². The van der Waals surface area contributed by atoms with Crippen molar-refractivity contribution in [3.05, 3.63) is 35.9 Å². The molecule has 0 heterocycles. The maximum Gasteiger partial charge on any atom is 0.305 e. The van der Waals surface area contributed by atoms with E-state index in [9.17, 15) is 21.6 Å². The fraction of sp³-hybridized carbons (Fsp3) is 0.417. The van der Waals surface area contributed by atoms with Gasteiger partial charge in [-0.25, -0.2) is 21.6 Å². The number of hydrogen-bond acceptors (Lipinski definition) is 5. The number of rotatable bonds is 8. The molecule has 0 aromatic heterocycles. The molecule has 0 aliphatic rings. The molecule has 1 rings (SSSR count). The van der Waals surface area contributed by atoms with Crippen molar-refractivity contribution in [3.63, 3.8) is 0 Å². The van der Waals surface area contributed by atoms with Crippen LogP contribution in [0.3, 0.4) is 0 Å². The van der Waals surface area contributed by atoms with Gasteiger partial charge in [-0.3, -0.25) is 4.79 Å². The van der Waals surface area contributed by atoms with Crippen molar-refractivity contribution in [1.29, 1.82) is 0 Å². The normalized spacial score (nSPS) is 13.8. The second-order valence-electron chi connectivity index (χ2n) is 4.63. The van der Waals surface area contributed by atoms with Gasteiger partial charge in [-0.05, 0) is 5.56 Å². The molecule has 0 bridgehead atoms. The van der Waals surface area contributed by atoms with Gasteiger partial charge in [0, 0.05) is 6.26 Å². The van der Waals surface area contributed by atoms with Crippen LogP contribution in [-0.4, -0.2) is 45.7 Å². The molecule has 7 nitrogen and oxygen atoms in total. The Bertz CT molecular complexity index is 682. The number of aliphatic carboxylic acids is 1. The van der Waals surface area contributed by atoms with Crippen LogP contribution in [0.4, 0.5) is 0 Å². The molecule has 21 heavy (non-hydrogen) atoms. The lowest BCUT2D eigenvalue weighted by molar-refractivity contribution is -0.137. The van der Waals surface area contributed by atoms with Gasteiger partial charge in [0.05, 0.1) is 24.0 Å². The van der Waals surface area contributed by atoms with Crippen LogP contribution in [0.15, 0.2) is 30.3 Å². The third-order valence-electron chi connectivity index (χ3n) is 2.63. The number of carbonyl (C=O) groups is 1. The molecule has 2 N–H and O–H groups in total. The smallest absolute Gasteiger partial charge is 0.305 e. The van der Waals surface area contributed by atoms with Gasteiger partial charge < -0.3 is 5.11 Å². The standard InChI is InChI=1S/C12H17NO6S2/c1-20(16,17)7-8-21(18,19)13-11(9-12(14)15)10-5-3-2-4-6-10/h2-6,11,13H,7-9H2,1H3,(H,14,15). The molecule has 1 aromatic rings. The second kappa shape index (κ2) is 7.01. The molecule has 0 saturated heterocycles. The van der Waals surface area contributed by atoms with Crippen LogP contribution in [0.5, 0.6) is 0 Å². The van der Waals surface area contributed by atoms with Crippen LogP contribution in [0.25, 0.3) is 0 Å². The predicted octanol–water partition coefficient (Wildman–Crippen LogP) is 0.166. The van der Waals surface area contributed by atoms with Gasteiger partial charge in [0.2, 0.25) is 10.0 Å². The Labute approximate surface area is 124 Å². The molecule has 0 spiro atoms. The monoisotopic (exact) mass is 335 g/mol. The third-order valence-corrected chi connectivity index (χ3v) is 5.21. The molecule has 9 heteroatoms. The molecule has 118 valence electrons. The van der Waals surface area contributed by atoms with Crippen molar-refractivity contribution in [2.75, 3.05) is 17.8 Å². The van der Waals surface area contributed by atoms with Crippen LogP contribution in [0, 0.1) is 0 Å². The Kier molecular flexibility index (Phi) is 5.87. The van der Waals surface area contributed by atoms with Crippen molar-refractivity contribution in [3.8, 4) is 0 Å². The maximum absolute atomic E-state index is 11.9. The minimum absolute atomic E-state index is 0.428. The van der Waals surface area contributed by atoms with E-state index in [1.807, 2.05) is 0 Å². The van der Waals surface area contributed by atoms with Crippen molar-refractivity contribution >= 4 is 25.8 Å². The lowest BCUT2D eigenvalue weighted by Gasteiger charge is -2.17. The van der Waals surface area contributed by atoms with E-state index >= 15 is 0 Å². The largest absolute Gasteiger partial charge is 0.481 e. The van der Waals surface area contributed by atoms with E-state index in [0.29, 0.717) is 5.56 Å². The summed E-state index contributed by atoms with van der Waals surface area (Å²) in [5, 5.41) is 8.87. The van der Waals surface area contributed by atoms with Crippen molar-refractivity contribution in [2.45, 2.75) is 12.5 Å². The first-order valence-electron chi connectivity index (χ1n) is 6.03. The predicted molar refractivity (Wildman–Crippen MR) is 78.1 cm³/mol. The van der Waals surface area contributed by atoms with E-state index in [2.05, 4.69) is 4.72 Å². The summed E-state index contributed by atoms with van der Waals surface area (Å²) in [5.41, 5.74) is 0.503. The highest BCUT2D eigenvalue weighted by Gasteiger charge is 2.23. The first-order chi connectivity index (χ1) is 9.59. The van der Waals surface area contributed by atoms with Gasteiger partial charge in [0.15, 0.2) is 0 Å². The molecule has 0 radical (unpaired) electrons. The van der Waals surface area contributed by atoms with Crippen molar-refractivity contribution in [1.82, 2.24) is 4.72 Å². The quantitative estimate of drug-likeness (QED) is 0.699. The summed E-state index contributed by atoms with van der Waals surface area (Å²) in [6.45, 7) is 0. The minimum atomic E-state index is -3.90. The van der Waals surface area contributed by atoms with E-state index in [0.717, 1.165) is 6.26 Å². The maximum atomic E-state index is 11.9. The number of carboxylic acid groups (broad SMARTS) is 1. The van der Waals surface area contributed by atoms with Gasteiger partial charge >= 0.3 is 5.97 Å². The molecule has 0 amide bonds. The highest BCUT2D eigenvalue weighted by atomic mass is 32.2. The molecule has 0 aliphatic heterocycles. The first-order valence-corrected chi connectivity index (χ1v) is 9.75. The number of nitrogens with one attached hydrogen (secondary N) is 1. The second-order valence-corrected chi connectivity index (χ2v) is 8.76. The number of sulfonamides is 1. The van der Waals surface area contributed by atoms with E-state index in [1.165, 1.54) is 0 Å². The summed E-state index contributed by atoms with van der Waals surface area (Å²) in [6, 6.07) is 7.32. The van der Waals surface area contributed by atoms with Crippen molar-refractivity contribution < 1.29 is 26.7 Å². The zero-order chi connectivity index (χ0) is 16.1. The third kappa shape index (κ3) is 7.21. The number of hydrogen-bond donors (Lipinski definition) is 2. The lowest BCUT2D eigenvalue weighted by atomic mass is 10.1. The Hall–Kier alpha value is -1.45. The molecule has 0 saturated carbocycles. The summed E-state index contributed by atoms with van der Waals surface area (Å²) in [4.78, 5) is 10.9. The SMILES string of the molecule is CS(=O)(=O)CCS(=O)(=O)NC(CC(=O)O)c1ccccc1. The van der Waals surface area contributed by atoms with Crippen molar-refractivity contribution in [2.24, 2.45) is 0 Å². The molecule has 1 unspecified atom stereocenters. The fourth-order valence-electron chi connectivity index (χ4n) is 1.62. The average Bonchev–Trinajstić information content (AvgIpc) is 2.35. The summed E-state index contributed by atoms with van der Waals surface area (Å²) >= 11 is 0. The first kappa shape index (κ1) is 17.6. The van der Waals surface area contributed by atoms with Gasteiger partial charge in [-0.2, -0.15) is 0 Å².